The highest BCUT2D eigenvalue weighted by molar-refractivity contribution is 7.13. The Morgan fingerprint density at radius 3 is 2.72 bits per heavy atom. The number of nitro groups is 1. The molecule has 0 unspecified atom stereocenters. The Bertz CT molecular complexity index is 452. The van der Waals surface area contributed by atoms with Crippen LogP contribution in [-0.2, 0) is 11.3 Å². The van der Waals surface area contributed by atoms with Crippen LogP contribution >= 0.6 is 11.3 Å². The number of hydrogen-bond acceptors (Lipinski definition) is 5. The maximum Gasteiger partial charge on any atom is 0.324 e. The van der Waals surface area contributed by atoms with E-state index in [1.165, 1.54) is 0 Å². The van der Waals surface area contributed by atoms with Gasteiger partial charge in [0.1, 0.15) is 0 Å². The molecule has 0 bridgehead atoms. The lowest BCUT2D eigenvalue weighted by Gasteiger charge is -2.29. The second kappa shape index (κ2) is 5.45. The summed E-state index contributed by atoms with van der Waals surface area (Å²) >= 11 is 1.13. The number of carboxylic acid groups (broad SMARTS) is 1. The fraction of sp³-hybridized carbons (Fsp3) is 0.545. The van der Waals surface area contributed by atoms with Gasteiger partial charge >= 0.3 is 11.0 Å². The molecule has 0 amide bonds. The lowest BCUT2D eigenvalue weighted by molar-refractivity contribution is -0.380. The average Bonchev–Trinajstić information content (AvgIpc) is 2.78. The molecule has 0 atom stereocenters. The fourth-order valence-corrected chi connectivity index (χ4v) is 2.86. The summed E-state index contributed by atoms with van der Waals surface area (Å²) < 4.78 is 0. The van der Waals surface area contributed by atoms with Gasteiger partial charge in [0.25, 0.3) is 0 Å². The van der Waals surface area contributed by atoms with Gasteiger partial charge in [-0.2, -0.15) is 0 Å². The Kier molecular flexibility index (Phi) is 3.93. The molecule has 2 rings (SSSR count). The monoisotopic (exact) mass is 270 g/mol. The molecule has 1 aromatic heterocycles. The van der Waals surface area contributed by atoms with Crippen molar-refractivity contribution in [2.24, 2.45) is 5.92 Å². The van der Waals surface area contributed by atoms with E-state index in [2.05, 4.69) is 4.90 Å². The number of aliphatic carboxylic acids is 1. The van der Waals surface area contributed by atoms with Crippen molar-refractivity contribution in [3.05, 3.63) is 27.1 Å². The first-order valence-electron chi connectivity index (χ1n) is 5.73. The Morgan fingerprint density at radius 2 is 2.22 bits per heavy atom. The Labute approximate surface area is 108 Å². The number of nitrogens with zero attached hydrogens (tertiary/aromatic N) is 2. The molecule has 1 N–H and O–H groups in total. The molecule has 0 aliphatic carbocycles. The maximum atomic E-state index is 10.8. The van der Waals surface area contributed by atoms with E-state index in [-0.39, 0.29) is 15.8 Å². The summed E-state index contributed by atoms with van der Waals surface area (Å²) in [4.78, 5) is 23.1. The molecule has 98 valence electrons. The molecule has 0 saturated carbocycles. The molecule has 0 spiro atoms. The van der Waals surface area contributed by atoms with Crippen LogP contribution in [0.15, 0.2) is 11.4 Å². The zero-order chi connectivity index (χ0) is 13.1. The van der Waals surface area contributed by atoms with Crippen LogP contribution in [0.2, 0.25) is 0 Å². The van der Waals surface area contributed by atoms with Crippen molar-refractivity contribution >= 4 is 22.3 Å². The van der Waals surface area contributed by atoms with Crippen LogP contribution in [0.1, 0.15) is 18.4 Å². The number of hydrogen-bond donors (Lipinski definition) is 1. The maximum absolute atomic E-state index is 10.8. The first kappa shape index (κ1) is 13.0. The van der Waals surface area contributed by atoms with Crippen molar-refractivity contribution < 1.29 is 14.8 Å². The Balaban J connectivity index is 1.87. The third-order valence-corrected chi connectivity index (χ3v) is 4.09. The minimum Gasteiger partial charge on any atom is -0.481 e. The van der Waals surface area contributed by atoms with Gasteiger partial charge < -0.3 is 5.11 Å². The number of piperidine rings is 1. The summed E-state index contributed by atoms with van der Waals surface area (Å²) in [5.74, 6) is -0.959. The first-order valence-corrected chi connectivity index (χ1v) is 6.61. The lowest BCUT2D eigenvalue weighted by Crippen LogP contribution is -2.35. The number of likely N-dealkylation sites (tertiary alicyclic amines) is 1. The van der Waals surface area contributed by atoms with Gasteiger partial charge in [-0.1, -0.05) is 11.3 Å². The quantitative estimate of drug-likeness (QED) is 0.667. The lowest BCUT2D eigenvalue weighted by atomic mass is 9.97. The molecule has 7 heteroatoms. The molecule has 1 fully saturated rings. The van der Waals surface area contributed by atoms with Gasteiger partial charge in [0.05, 0.1) is 10.8 Å². The van der Waals surface area contributed by atoms with Crippen LogP contribution in [0.3, 0.4) is 0 Å². The minimum atomic E-state index is -0.721. The van der Waals surface area contributed by atoms with Crippen LogP contribution < -0.4 is 0 Å². The van der Waals surface area contributed by atoms with Crippen LogP contribution in [0, 0.1) is 16.0 Å². The van der Waals surface area contributed by atoms with Gasteiger partial charge in [0.15, 0.2) is 0 Å². The van der Waals surface area contributed by atoms with E-state index in [9.17, 15) is 14.9 Å². The topological polar surface area (TPSA) is 83.7 Å². The van der Waals surface area contributed by atoms with Crippen LogP contribution in [0.5, 0.6) is 0 Å². The van der Waals surface area contributed by atoms with Gasteiger partial charge in [-0.3, -0.25) is 19.8 Å². The van der Waals surface area contributed by atoms with Gasteiger partial charge in [-0.15, -0.1) is 0 Å². The molecular weight excluding hydrogens is 256 g/mol. The summed E-state index contributed by atoms with van der Waals surface area (Å²) in [6.45, 7) is 2.14. The zero-order valence-corrected chi connectivity index (χ0v) is 10.6. The summed E-state index contributed by atoms with van der Waals surface area (Å²) in [7, 11) is 0. The van der Waals surface area contributed by atoms with Crippen molar-refractivity contribution in [2.45, 2.75) is 19.4 Å². The smallest absolute Gasteiger partial charge is 0.324 e. The van der Waals surface area contributed by atoms with E-state index in [0.29, 0.717) is 19.4 Å². The largest absolute Gasteiger partial charge is 0.481 e. The van der Waals surface area contributed by atoms with E-state index in [4.69, 9.17) is 5.11 Å². The van der Waals surface area contributed by atoms with E-state index in [1.807, 2.05) is 0 Å². The molecule has 0 aromatic carbocycles. The van der Waals surface area contributed by atoms with Crippen LogP contribution in [-0.4, -0.2) is 34.0 Å². The molecule has 18 heavy (non-hydrogen) atoms. The predicted molar refractivity (Wildman–Crippen MR) is 66.6 cm³/mol. The van der Waals surface area contributed by atoms with Crippen molar-refractivity contribution in [2.75, 3.05) is 13.1 Å². The molecule has 1 saturated heterocycles. The molecule has 6 nitrogen and oxygen atoms in total. The fourth-order valence-electron chi connectivity index (χ4n) is 2.14. The predicted octanol–water partition coefficient (Wildman–Crippen LogP) is 1.95. The molecule has 1 aliphatic heterocycles. The average molecular weight is 270 g/mol. The molecular formula is C11H14N2O4S. The first-order chi connectivity index (χ1) is 8.56. The zero-order valence-electron chi connectivity index (χ0n) is 9.74. The van der Waals surface area contributed by atoms with Crippen molar-refractivity contribution in [3.63, 3.8) is 0 Å². The standard InChI is InChI=1S/C11H14N2O4S/c14-11(15)9-1-3-12(4-2-9)6-8-5-10(13(16)17)18-7-8/h5,7,9H,1-4,6H2,(H,14,15). The Morgan fingerprint density at radius 1 is 1.56 bits per heavy atom. The van der Waals surface area contributed by atoms with Crippen LogP contribution in [0.25, 0.3) is 0 Å². The van der Waals surface area contributed by atoms with E-state index in [1.54, 1.807) is 11.4 Å². The van der Waals surface area contributed by atoms with E-state index >= 15 is 0 Å². The summed E-state index contributed by atoms with van der Waals surface area (Å²) in [5, 5.41) is 21.4. The minimum absolute atomic E-state index is 0.158. The van der Waals surface area contributed by atoms with Crippen LogP contribution in [0.4, 0.5) is 5.00 Å². The molecule has 1 aliphatic rings. The Hall–Kier alpha value is -1.47. The molecule has 0 radical (unpaired) electrons. The normalized spacial score (nSPS) is 17.8. The summed E-state index contributed by atoms with van der Waals surface area (Å²) in [5.41, 5.74) is 0.931. The van der Waals surface area contributed by atoms with Crippen molar-refractivity contribution in [1.29, 1.82) is 0 Å². The third kappa shape index (κ3) is 3.05. The van der Waals surface area contributed by atoms with E-state index in [0.717, 1.165) is 30.0 Å². The summed E-state index contributed by atoms with van der Waals surface area (Å²) in [6, 6.07) is 1.59. The molecule has 2 heterocycles. The SMILES string of the molecule is O=C(O)C1CCN(Cc2csc([N+](=O)[O-])c2)CC1. The van der Waals surface area contributed by atoms with E-state index < -0.39 is 5.97 Å². The second-order valence-electron chi connectivity index (χ2n) is 4.44. The number of rotatable bonds is 4. The summed E-state index contributed by atoms with van der Waals surface area (Å²) in [6.07, 6.45) is 1.31. The van der Waals surface area contributed by atoms with Gasteiger partial charge in [-0.25, -0.2) is 0 Å². The highest BCUT2D eigenvalue weighted by Gasteiger charge is 2.24. The number of thiophene rings is 1. The number of carbonyl (C=O) groups is 1. The van der Waals surface area contributed by atoms with Gasteiger partial charge in [0.2, 0.25) is 0 Å². The second-order valence-corrected chi connectivity index (χ2v) is 5.33. The third-order valence-electron chi connectivity index (χ3n) is 3.16. The number of carboxylic acids is 1. The van der Waals surface area contributed by atoms with Crippen molar-refractivity contribution in [1.82, 2.24) is 4.90 Å². The molecule has 1 aromatic rings. The van der Waals surface area contributed by atoms with Gasteiger partial charge in [0, 0.05) is 18.0 Å². The van der Waals surface area contributed by atoms with Gasteiger partial charge in [-0.05, 0) is 31.5 Å². The highest BCUT2D eigenvalue weighted by atomic mass is 32.1. The highest BCUT2D eigenvalue weighted by Crippen LogP contribution is 2.25. The van der Waals surface area contributed by atoms with Crippen molar-refractivity contribution in [3.8, 4) is 0 Å².